The molecule has 3 heteroatoms. The smallest absolute Gasteiger partial charge is 0.0180 e. The van der Waals surface area contributed by atoms with Gasteiger partial charge in [-0.1, -0.05) is 6.92 Å². The van der Waals surface area contributed by atoms with Gasteiger partial charge in [0.1, 0.15) is 0 Å². The van der Waals surface area contributed by atoms with Crippen LogP contribution in [0.4, 0.5) is 0 Å². The summed E-state index contributed by atoms with van der Waals surface area (Å²) in [6, 6.07) is 0.773. The van der Waals surface area contributed by atoms with Crippen molar-refractivity contribution in [1.82, 2.24) is 10.2 Å². The van der Waals surface area contributed by atoms with Crippen molar-refractivity contribution in [3.63, 3.8) is 0 Å². The Hall–Kier alpha value is 0.270. The fraction of sp³-hybridized carbons (Fsp3) is 1.00. The van der Waals surface area contributed by atoms with Crippen molar-refractivity contribution in [2.24, 2.45) is 5.92 Å². The van der Waals surface area contributed by atoms with Gasteiger partial charge >= 0.3 is 0 Å². The van der Waals surface area contributed by atoms with Crippen LogP contribution in [-0.4, -0.2) is 49.6 Å². The van der Waals surface area contributed by atoms with Gasteiger partial charge < -0.3 is 10.2 Å². The van der Waals surface area contributed by atoms with Crippen LogP contribution in [0.1, 0.15) is 26.2 Å². The molecule has 0 aliphatic carbocycles. The molecule has 1 aliphatic rings. The highest BCUT2D eigenvalue weighted by Gasteiger charge is 2.17. The number of nitrogens with one attached hydrogen (secondary N) is 1. The lowest BCUT2D eigenvalue weighted by Crippen LogP contribution is -2.34. The Morgan fingerprint density at radius 1 is 1.53 bits per heavy atom. The second kappa shape index (κ2) is 7.53. The van der Waals surface area contributed by atoms with Crippen LogP contribution < -0.4 is 5.32 Å². The summed E-state index contributed by atoms with van der Waals surface area (Å²) in [6.07, 6.45) is 6.24. The third-order valence-corrected chi connectivity index (χ3v) is 4.22. The van der Waals surface area contributed by atoms with Crippen molar-refractivity contribution in [2.75, 3.05) is 38.7 Å². The fourth-order valence-electron chi connectivity index (χ4n) is 2.28. The molecule has 0 saturated carbocycles. The minimum Gasteiger partial charge on any atom is -0.316 e. The van der Waals surface area contributed by atoms with Gasteiger partial charge in [-0.15, -0.1) is 0 Å². The zero-order valence-electron chi connectivity index (χ0n) is 10.5. The monoisotopic (exact) mass is 230 g/mol. The summed E-state index contributed by atoms with van der Waals surface area (Å²) in [5.74, 6) is 2.20. The SMILES string of the molecule is CCC(CSC)N(C)CCC1CCNC1. The van der Waals surface area contributed by atoms with Gasteiger partial charge in [-0.05, 0) is 58.1 Å². The Morgan fingerprint density at radius 2 is 2.33 bits per heavy atom. The van der Waals surface area contributed by atoms with Crippen LogP contribution in [0.2, 0.25) is 0 Å². The van der Waals surface area contributed by atoms with E-state index in [0.717, 1.165) is 12.0 Å². The molecule has 0 aromatic rings. The topological polar surface area (TPSA) is 15.3 Å². The van der Waals surface area contributed by atoms with E-state index in [1.165, 1.54) is 44.6 Å². The molecule has 2 unspecified atom stereocenters. The summed E-state index contributed by atoms with van der Waals surface area (Å²) >= 11 is 1.97. The fourth-order valence-corrected chi connectivity index (χ4v) is 3.15. The minimum absolute atomic E-state index is 0.773. The zero-order chi connectivity index (χ0) is 11.1. The summed E-state index contributed by atoms with van der Waals surface area (Å²) in [6.45, 7) is 6.05. The van der Waals surface area contributed by atoms with E-state index in [-0.39, 0.29) is 0 Å². The van der Waals surface area contributed by atoms with E-state index < -0.39 is 0 Å². The maximum atomic E-state index is 3.44. The van der Waals surface area contributed by atoms with Gasteiger partial charge in [-0.25, -0.2) is 0 Å². The van der Waals surface area contributed by atoms with Crippen molar-refractivity contribution < 1.29 is 0 Å². The van der Waals surface area contributed by atoms with E-state index in [1.54, 1.807) is 0 Å². The third kappa shape index (κ3) is 4.75. The highest BCUT2D eigenvalue weighted by Crippen LogP contribution is 2.15. The number of hydrogen-bond acceptors (Lipinski definition) is 3. The lowest BCUT2D eigenvalue weighted by Gasteiger charge is -2.27. The molecular formula is C12H26N2S. The van der Waals surface area contributed by atoms with E-state index in [1.807, 2.05) is 11.8 Å². The molecule has 2 nitrogen and oxygen atoms in total. The largest absolute Gasteiger partial charge is 0.316 e. The van der Waals surface area contributed by atoms with Crippen molar-refractivity contribution in [3.05, 3.63) is 0 Å². The van der Waals surface area contributed by atoms with Crippen LogP contribution in [0.15, 0.2) is 0 Å². The number of nitrogens with zero attached hydrogens (tertiary/aromatic N) is 1. The van der Waals surface area contributed by atoms with Crippen molar-refractivity contribution in [3.8, 4) is 0 Å². The molecule has 0 aromatic carbocycles. The Labute approximate surface area is 99.2 Å². The molecule has 2 atom stereocenters. The summed E-state index contributed by atoms with van der Waals surface area (Å²) in [4.78, 5) is 2.55. The van der Waals surface area contributed by atoms with Crippen LogP contribution in [-0.2, 0) is 0 Å². The van der Waals surface area contributed by atoms with E-state index in [9.17, 15) is 0 Å². The van der Waals surface area contributed by atoms with E-state index in [4.69, 9.17) is 0 Å². The highest BCUT2D eigenvalue weighted by atomic mass is 32.2. The van der Waals surface area contributed by atoms with E-state index >= 15 is 0 Å². The normalized spacial score (nSPS) is 23.6. The molecule has 0 spiro atoms. The Morgan fingerprint density at radius 3 is 2.87 bits per heavy atom. The molecular weight excluding hydrogens is 204 g/mol. The molecule has 1 saturated heterocycles. The predicted molar refractivity (Wildman–Crippen MR) is 70.7 cm³/mol. The van der Waals surface area contributed by atoms with Crippen molar-refractivity contribution >= 4 is 11.8 Å². The molecule has 0 amide bonds. The van der Waals surface area contributed by atoms with Crippen LogP contribution >= 0.6 is 11.8 Å². The Bertz CT molecular complexity index is 158. The Balaban J connectivity index is 2.17. The molecule has 1 heterocycles. The average Bonchev–Trinajstić information content (AvgIpc) is 2.75. The standard InChI is InChI=1S/C12H26N2S/c1-4-12(10-15-3)14(2)8-6-11-5-7-13-9-11/h11-13H,4-10H2,1-3H3. The Kier molecular flexibility index (Phi) is 6.69. The summed E-state index contributed by atoms with van der Waals surface area (Å²) < 4.78 is 0. The zero-order valence-corrected chi connectivity index (χ0v) is 11.3. The molecule has 1 aliphatic heterocycles. The molecule has 1 N–H and O–H groups in total. The molecule has 1 rings (SSSR count). The van der Waals surface area contributed by atoms with Crippen LogP contribution in [0.25, 0.3) is 0 Å². The van der Waals surface area contributed by atoms with Crippen LogP contribution in [0.5, 0.6) is 0 Å². The van der Waals surface area contributed by atoms with Crippen LogP contribution in [0.3, 0.4) is 0 Å². The summed E-state index contributed by atoms with van der Waals surface area (Å²) in [5, 5.41) is 3.44. The molecule has 1 fully saturated rings. The quantitative estimate of drug-likeness (QED) is 0.721. The van der Waals surface area contributed by atoms with Crippen LogP contribution in [0, 0.1) is 5.92 Å². The number of thioether (sulfide) groups is 1. The third-order valence-electron chi connectivity index (χ3n) is 3.51. The number of rotatable bonds is 7. The predicted octanol–water partition coefficient (Wildman–Crippen LogP) is 2.06. The summed E-state index contributed by atoms with van der Waals surface area (Å²) in [7, 11) is 2.28. The molecule has 15 heavy (non-hydrogen) atoms. The lowest BCUT2D eigenvalue weighted by molar-refractivity contribution is 0.239. The van der Waals surface area contributed by atoms with Gasteiger partial charge in [0.15, 0.2) is 0 Å². The number of hydrogen-bond donors (Lipinski definition) is 1. The first-order valence-corrected chi connectivity index (χ1v) is 7.57. The maximum absolute atomic E-state index is 3.44. The maximum Gasteiger partial charge on any atom is 0.0180 e. The molecule has 0 aromatic heterocycles. The van der Waals surface area contributed by atoms with E-state index in [0.29, 0.717) is 0 Å². The molecule has 90 valence electrons. The second-order valence-electron chi connectivity index (χ2n) is 4.65. The van der Waals surface area contributed by atoms with Gasteiger partial charge in [-0.2, -0.15) is 11.8 Å². The first-order chi connectivity index (χ1) is 7.27. The first-order valence-electron chi connectivity index (χ1n) is 6.17. The average molecular weight is 230 g/mol. The highest BCUT2D eigenvalue weighted by molar-refractivity contribution is 7.98. The first kappa shape index (κ1) is 13.3. The van der Waals surface area contributed by atoms with E-state index in [2.05, 4.69) is 30.4 Å². The second-order valence-corrected chi connectivity index (χ2v) is 5.56. The minimum atomic E-state index is 0.773. The van der Waals surface area contributed by atoms with Gasteiger partial charge in [0.25, 0.3) is 0 Å². The molecule has 0 radical (unpaired) electrons. The summed E-state index contributed by atoms with van der Waals surface area (Å²) in [5.41, 5.74) is 0. The van der Waals surface area contributed by atoms with Crippen molar-refractivity contribution in [2.45, 2.75) is 32.2 Å². The molecule has 0 bridgehead atoms. The van der Waals surface area contributed by atoms with Gasteiger partial charge in [0, 0.05) is 11.8 Å². The lowest BCUT2D eigenvalue weighted by atomic mass is 10.0. The van der Waals surface area contributed by atoms with Gasteiger partial charge in [0.2, 0.25) is 0 Å². The van der Waals surface area contributed by atoms with Gasteiger partial charge in [0.05, 0.1) is 0 Å². The van der Waals surface area contributed by atoms with Crippen molar-refractivity contribution in [1.29, 1.82) is 0 Å². The van der Waals surface area contributed by atoms with Gasteiger partial charge in [-0.3, -0.25) is 0 Å².